The molecule has 20 heavy (non-hydrogen) atoms. The Hall–Kier alpha value is -1.55. The molecule has 0 aliphatic heterocycles. The van der Waals surface area contributed by atoms with E-state index in [1.807, 2.05) is 14.0 Å². The van der Waals surface area contributed by atoms with Crippen LogP contribution in [0.4, 0.5) is 10.1 Å². The summed E-state index contributed by atoms with van der Waals surface area (Å²) in [7, 11) is 1.86. The summed E-state index contributed by atoms with van der Waals surface area (Å²) in [5.74, 6) is 0.0542. The van der Waals surface area contributed by atoms with Crippen molar-refractivity contribution in [3.8, 4) is 0 Å². The fourth-order valence-electron chi connectivity index (χ4n) is 2.94. The number of hydrazine groups is 1. The molecule has 112 valence electrons. The maximum atomic E-state index is 14.4. The lowest BCUT2D eigenvalue weighted by molar-refractivity contribution is 0.594. The van der Waals surface area contributed by atoms with Crippen LogP contribution in [0.3, 0.4) is 0 Å². The second-order valence-corrected chi connectivity index (χ2v) is 4.77. The van der Waals surface area contributed by atoms with E-state index in [-0.39, 0.29) is 5.82 Å². The fourth-order valence-corrected chi connectivity index (χ4v) is 2.94. The van der Waals surface area contributed by atoms with Crippen LogP contribution >= 0.6 is 0 Å². The molecule has 0 heterocycles. The summed E-state index contributed by atoms with van der Waals surface area (Å²) in [4.78, 5) is 0. The third kappa shape index (κ3) is 3.12. The van der Waals surface area contributed by atoms with Crippen LogP contribution in [0.1, 0.15) is 42.5 Å². The zero-order chi connectivity index (χ0) is 15.1. The van der Waals surface area contributed by atoms with Gasteiger partial charge in [0.05, 0.1) is 5.69 Å². The molecule has 1 aromatic carbocycles. The van der Waals surface area contributed by atoms with E-state index < -0.39 is 0 Å². The molecular formula is C16H26FN3. The highest BCUT2D eigenvalue weighted by atomic mass is 19.1. The molecule has 1 aromatic rings. The van der Waals surface area contributed by atoms with Crippen LogP contribution in [0, 0.1) is 5.82 Å². The smallest absolute Gasteiger partial charge is 0.130 e. The highest BCUT2D eigenvalue weighted by Crippen LogP contribution is 2.37. The van der Waals surface area contributed by atoms with Crippen LogP contribution in [0.2, 0.25) is 0 Å². The molecule has 0 spiro atoms. The maximum Gasteiger partial charge on any atom is 0.130 e. The van der Waals surface area contributed by atoms with Crippen LogP contribution in [-0.2, 0) is 25.7 Å². The van der Waals surface area contributed by atoms with Crippen molar-refractivity contribution >= 4 is 5.69 Å². The number of hydrogen-bond acceptors (Lipinski definition) is 3. The van der Waals surface area contributed by atoms with E-state index in [0.29, 0.717) is 0 Å². The maximum absolute atomic E-state index is 14.4. The summed E-state index contributed by atoms with van der Waals surface area (Å²) < 4.78 is 14.4. The van der Waals surface area contributed by atoms with E-state index in [2.05, 4.69) is 30.1 Å². The summed E-state index contributed by atoms with van der Waals surface area (Å²) in [6.45, 7) is 7.26. The first kappa shape index (κ1) is 16.5. The quantitative estimate of drug-likeness (QED) is 0.742. The number of rotatable bonds is 4. The minimum Gasteiger partial charge on any atom is -0.405 e. The van der Waals surface area contributed by atoms with Crippen LogP contribution < -0.4 is 16.6 Å². The summed E-state index contributed by atoms with van der Waals surface area (Å²) in [6, 6.07) is 0. The Balaban J connectivity index is 0.000000612. The second-order valence-electron chi connectivity index (χ2n) is 4.77. The lowest BCUT2D eigenvalue weighted by Crippen LogP contribution is -2.19. The molecule has 0 saturated heterocycles. The first-order valence-corrected chi connectivity index (χ1v) is 7.26. The van der Waals surface area contributed by atoms with Crippen molar-refractivity contribution in [2.24, 2.45) is 5.73 Å². The molecule has 0 bridgehead atoms. The molecule has 4 N–H and O–H groups in total. The Bertz CT molecular complexity index is 470. The fraction of sp³-hybridized carbons (Fsp3) is 0.500. The van der Waals surface area contributed by atoms with Gasteiger partial charge in [0.15, 0.2) is 0 Å². The number of halogens is 1. The van der Waals surface area contributed by atoms with Crippen LogP contribution in [0.25, 0.3) is 0 Å². The zero-order valence-electron chi connectivity index (χ0n) is 12.8. The minimum absolute atomic E-state index is 0.0542. The largest absolute Gasteiger partial charge is 0.405 e. The predicted molar refractivity (Wildman–Crippen MR) is 84.2 cm³/mol. The highest BCUT2D eigenvalue weighted by molar-refractivity contribution is 5.65. The zero-order valence-corrected chi connectivity index (χ0v) is 12.8. The van der Waals surface area contributed by atoms with Crippen molar-refractivity contribution in [3.05, 3.63) is 40.8 Å². The van der Waals surface area contributed by atoms with Gasteiger partial charge in [0.2, 0.25) is 0 Å². The molecule has 0 atom stereocenters. The van der Waals surface area contributed by atoms with E-state index in [9.17, 15) is 4.39 Å². The molecule has 0 unspecified atom stereocenters. The van der Waals surface area contributed by atoms with Gasteiger partial charge in [-0.1, -0.05) is 20.4 Å². The van der Waals surface area contributed by atoms with Crippen LogP contribution in [0.15, 0.2) is 12.8 Å². The van der Waals surface area contributed by atoms with Crippen LogP contribution in [-0.4, -0.2) is 7.05 Å². The van der Waals surface area contributed by atoms with E-state index in [1.54, 1.807) is 0 Å². The van der Waals surface area contributed by atoms with Crippen molar-refractivity contribution in [1.29, 1.82) is 0 Å². The van der Waals surface area contributed by atoms with Crippen LogP contribution in [0.5, 0.6) is 0 Å². The number of nitrogens with two attached hydrogens (primary N) is 1. The third-order valence-electron chi connectivity index (χ3n) is 3.67. The number of anilines is 1. The summed E-state index contributed by atoms with van der Waals surface area (Å²) in [5.41, 5.74) is 16.1. The molecular weight excluding hydrogens is 253 g/mol. The van der Waals surface area contributed by atoms with Gasteiger partial charge in [0.25, 0.3) is 0 Å². The lowest BCUT2D eigenvalue weighted by atomic mass is 9.93. The van der Waals surface area contributed by atoms with Gasteiger partial charge >= 0.3 is 0 Å². The third-order valence-corrected chi connectivity index (χ3v) is 3.67. The normalized spacial score (nSPS) is 12.4. The molecule has 3 nitrogen and oxygen atoms in total. The average Bonchev–Trinajstić information content (AvgIpc) is 2.92. The molecule has 4 heteroatoms. The number of hydrogen-bond donors (Lipinski definition) is 3. The first-order chi connectivity index (χ1) is 9.65. The average molecular weight is 279 g/mol. The topological polar surface area (TPSA) is 50.1 Å². The molecule has 0 aromatic heterocycles. The van der Waals surface area contributed by atoms with E-state index >= 15 is 0 Å². The first-order valence-electron chi connectivity index (χ1n) is 7.26. The predicted octanol–water partition coefficient (Wildman–Crippen LogP) is 3.07. The van der Waals surface area contributed by atoms with Crippen molar-refractivity contribution in [3.63, 3.8) is 0 Å². The standard InChI is InChI=1S/C14H21FN2.C2H5N/c1-4-9-10(5-2)14(17-16-3)12-8-6-7-11(12)13(9)15;1-2-3/h16-17H,4-8H2,1-3H3;2H,1,3H2. The minimum atomic E-state index is 0.0542. The summed E-state index contributed by atoms with van der Waals surface area (Å²) in [5, 5.41) is 0. The summed E-state index contributed by atoms with van der Waals surface area (Å²) >= 11 is 0. The van der Waals surface area contributed by atoms with Gasteiger partial charge in [-0.15, -0.1) is 0 Å². The van der Waals surface area contributed by atoms with Crippen molar-refractivity contribution < 1.29 is 4.39 Å². The molecule has 0 saturated carbocycles. The highest BCUT2D eigenvalue weighted by Gasteiger charge is 2.25. The van der Waals surface area contributed by atoms with Gasteiger partial charge in [0, 0.05) is 7.05 Å². The van der Waals surface area contributed by atoms with Crippen molar-refractivity contribution in [2.45, 2.75) is 46.0 Å². The van der Waals surface area contributed by atoms with E-state index in [1.165, 1.54) is 11.8 Å². The lowest BCUT2D eigenvalue weighted by Gasteiger charge is -2.20. The van der Waals surface area contributed by atoms with Gasteiger partial charge in [-0.25, -0.2) is 9.82 Å². The Kier molecular flexibility index (Phi) is 6.52. The van der Waals surface area contributed by atoms with Crippen molar-refractivity contribution in [1.82, 2.24) is 5.43 Å². The van der Waals surface area contributed by atoms with E-state index in [0.717, 1.165) is 54.5 Å². The SMILES string of the molecule is C=CN.CCc1c(F)c2c(c(NNC)c1CC)CCC2. The van der Waals surface area contributed by atoms with Gasteiger partial charge in [0.1, 0.15) is 5.82 Å². The van der Waals surface area contributed by atoms with Crippen molar-refractivity contribution in [2.75, 3.05) is 12.5 Å². The van der Waals surface area contributed by atoms with Gasteiger partial charge in [-0.05, 0) is 60.6 Å². The Morgan fingerprint density at radius 3 is 2.25 bits per heavy atom. The Labute approximate surface area is 121 Å². The number of nitrogens with one attached hydrogen (secondary N) is 2. The molecule has 0 fully saturated rings. The van der Waals surface area contributed by atoms with Gasteiger partial charge in [-0.2, -0.15) is 0 Å². The Morgan fingerprint density at radius 1 is 1.20 bits per heavy atom. The van der Waals surface area contributed by atoms with E-state index in [4.69, 9.17) is 0 Å². The van der Waals surface area contributed by atoms with Gasteiger partial charge < -0.3 is 11.2 Å². The van der Waals surface area contributed by atoms with Gasteiger partial charge in [-0.3, -0.25) is 0 Å². The molecule has 1 aliphatic carbocycles. The number of benzene rings is 1. The molecule has 1 aliphatic rings. The second kappa shape index (κ2) is 7.90. The molecule has 2 rings (SSSR count). The molecule has 0 amide bonds. The monoisotopic (exact) mass is 279 g/mol. The molecule has 0 radical (unpaired) electrons. The number of fused-ring (bicyclic) bond motifs is 1. The Morgan fingerprint density at radius 2 is 1.75 bits per heavy atom. The summed E-state index contributed by atoms with van der Waals surface area (Å²) in [6.07, 6.45) is 5.84.